The van der Waals surface area contributed by atoms with E-state index in [1.807, 2.05) is 7.05 Å². The number of rotatable bonds is 7. The molecule has 0 spiro atoms. The van der Waals surface area contributed by atoms with Crippen LogP contribution in [0.25, 0.3) is 0 Å². The van der Waals surface area contributed by atoms with E-state index in [1.54, 1.807) is 0 Å². The van der Waals surface area contributed by atoms with Crippen molar-refractivity contribution >= 4 is 5.82 Å². The molecule has 0 saturated heterocycles. The lowest BCUT2D eigenvalue weighted by molar-refractivity contribution is 0.702. The monoisotopic (exact) mass is 247 g/mol. The molecule has 1 heterocycles. The van der Waals surface area contributed by atoms with E-state index in [0.29, 0.717) is 0 Å². The smallest absolute Gasteiger partial charge is 0.129 e. The van der Waals surface area contributed by atoms with Crippen LogP contribution < -0.4 is 10.2 Å². The second-order valence-corrected chi connectivity index (χ2v) is 5.22. The third-order valence-corrected chi connectivity index (χ3v) is 3.58. The van der Waals surface area contributed by atoms with Crippen molar-refractivity contribution < 1.29 is 0 Å². The fourth-order valence-electron chi connectivity index (χ4n) is 2.31. The normalized spacial score (nSPS) is 14.8. The Kier molecular flexibility index (Phi) is 4.59. The molecule has 1 aromatic rings. The average molecular weight is 247 g/mol. The zero-order chi connectivity index (χ0) is 13.0. The largest absolute Gasteiger partial charge is 0.354 e. The summed E-state index contributed by atoms with van der Waals surface area (Å²) >= 11 is 0. The van der Waals surface area contributed by atoms with Gasteiger partial charge in [-0.15, -0.1) is 0 Å². The maximum absolute atomic E-state index is 4.79. The number of hydrogen-bond donors (Lipinski definition) is 1. The molecule has 0 amide bonds. The van der Waals surface area contributed by atoms with Crippen molar-refractivity contribution in [1.82, 2.24) is 10.3 Å². The van der Waals surface area contributed by atoms with Crippen molar-refractivity contribution in [3.8, 4) is 0 Å². The minimum atomic E-state index is 0.749. The molecule has 1 aliphatic carbocycles. The molecule has 18 heavy (non-hydrogen) atoms. The van der Waals surface area contributed by atoms with Crippen LogP contribution in [0.1, 0.15) is 43.9 Å². The molecule has 0 bridgehead atoms. The first-order chi connectivity index (χ1) is 8.76. The molecule has 1 N–H and O–H groups in total. The van der Waals surface area contributed by atoms with E-state index in [2.05, 4.69) is 36.2 Å². The van der Waals surface area contributed by atoms with Gasteiger partial charge in [0.1, 0.15) is 5.82 Å². The lowest BCUT2D eigenvalue weighted by Crippen LogP contribution is -2.28. The van der Waals surface area contributed by atoms with E-state index >= 15 is 0 Å². The van der Waals surface area contributed by atoms with Crippen molar-refractivity contribution in [2.45, 2.75) is 52.1 Å². The van der Waals surface area contributed by atoms with Crippen LogP contribution in [0.2, 0.25) is 0 Å². The van der Waals surface area contributed by atoms with Crippen LogP contribution in [-0.4, -0.2) is 24.6 Å². The second kappa shape index (κ2) is 6.19. The van der Waals surface area contributed by atoms with Gasteiger partial charge in [0.05, 0.1) is 0 Å². The highest BCUT2D eigenvalue weighted by atomic mass is 15.2. The average Bonchev–Trinajstić information content (AvgIpc) is 3.17. The first-order valence-corrected chi connectivity index (χ1v) is 7.14. The number of anilines is 1. The second-order valence-electron chi connectivity index (χ2n) is 5.22. The predicted molar refractivity (Wildman–Crippen MR) is 77.0 cm³/mol. The van der Waals surface area contributed by atoms with Gasteiger partial charge in [-0.05, 0) is 44.9 Å². The van der Waals surface area contributed by atoms with E-state index < -0.39 is 0 Å². The van der Waals surface area contributed by atoms with E-state index in [9.17, 15) is 0 Å². The standard InChI is InChI=1S/C15H25N3/c1-4-5-10-18(14-7-8-14)15-9-6-13(11-16-3)12(2)17-15/h6,9,14,16H,4-5,7-8,10-11H2,1-3H3. The number of aromatic nitrogens is 1. The lowest BCUT2D eigenvalue weighted by atomic mass is 10.2. The third kappa shape index (κ3) is 3.22. The number of nitrogens with one attached hydrogen (secondary N) is 1. The van der Waals surface area contributed by atoms with Gasteiger partial charge in [0.15, 0.2) is 0 Å². The van der Waals surface area contributed by atoms with Gasteiger partial charge >= 0.3 is 0 Å². The molecule has 0 aromatic carbocycles. The summed E-state index contributed by atoms with van der Waals surface area (Å²) in [4.78, 5) is 7.29. The molecule has 1 aliphatic rings. The highest BCUT2D eigenvalue weighted by Gasteiger charge is 2.29. The molecular weight excluding hydrogens is 222 g/mol. The van der Waals surface area contributed by atoms with Crippen molar-refractivity contribution in [3.63, 3.8) is 0 Å². The van der Waals surface area contributed by atoms with Crippen molar-refractivity contribution in [1.29, 1.82) is 0 Å². The maximum atomic E-state index is 4.79. The summed E-state index contributed by atoms with van der Waals surface area (Å²) in [6.45, 7) is 6.41. The number of hydrogen-bond acceptors (Lipinski definition) is 3. The Morgan fingerprint density at radius 1 is 1.39 bits per heavy atom. The number of aryl methyl sites for hydroxylation is 1. The van der Waals surface area contributed by atoms with Crippen LogP contribution in [0.4, 0.5) is 5.82 Å². The van der Waals surface area contributed by atoms with Gasteiger partial charge in [0.25, 0.3) is 0 Å². The van der Waals surface area contributed by atoms with E-state index in [4.69, 9.17) is 4.98 Å². The maximum Gasteiger partial charge on any atom is 0.129 e. The first kappa shape index (κ1) is 13.3. The van der Waals surface area contributed by atoms with Crippen LogP contribution in [0.15, 0.2) is 12.1 Å². The molecular formula is C15H25N3. The van der Waals surface area contributed by atoms with E-state index in [-0.39, 0.29) is 0 Å². The van der Waals surface area contributed by atoms with Gasteiger partial charge in [-0.3, -0.25) is 0 Å². The van der Waals surface area contributed by atoms with Crippen LogP contribution in [0.3, 0.4) is 0 Å². The van der Waals surface area contributed by atoms with Gasteiger partial charge in [-0.2, -0.15) is 0 Å². The Hall–Kier alpha value is -1.09. The van der Waals surface area contributed by atoms with Gasteiger partial charge in [-0.1, -0.05) is 19.4 Å². The number of unbranched alkanes of at least 4 members (excludes halogenated alkanes) is 1. The number of nitrogens with zero attached hydrogens (tertiary/aromatic N) is 2. The van der Waals surface area contributed by atoms with E-state index in [0.717, 1.165) is 24.8 Å². The predicted octanol–water partition coefficient (Wildman–Crippen LogP) is 2.88. The zero-order valence-corrected chi connectivity index (χ0v) is 11.9. The molecule has 1 saturated carbocycles. The molecule has 1 fully saturated rings. The summed E-state index contributed by atoms with van der Waals surface area (Å²) in [5.74, 6) is 1.17. The SMILES string of the molecule is CCCCN(c1ccc(CNC)c(C)n1)C1CC1. The van der Waals surface area contributed by atoms with Gasteiger partial charge in [0, 0.05) is 24.8 Å². The third-order valence-electron chi connectivity index (χ3n) is 3.58. The fourth-order valence-corrected chi connectivity index (χ4v) is 2.31. The summed E-state index contributed by atoms with van der Waals surface area (Å²) in [5.41, 5.74) is 2.46. The van der Waals surface area contributed by atoms with Crippen LogP contribution >= 0.6 is 0 Å². The molecule has 1 aromatic heterocycles. The Morgan fingerprint density at radius 2 is 2.17 bits per heavy atom. The Morgan fingerprint density at radius 3 is 2.72 bits per heavy atom. The fraction of sp³-hybridized carbons (Fsp3) is 0.667. The van der Waals surface area contributed by atoms with Crippen LogP contribution in [0.5, 0.6) is 0 Å². The molecule has 3 nitrogen and oxygen atoms in total. The summed E-state index contributed by atoms with van der Waals surface area (Å²) in [7, 11) is 1.98. The summed E-state index contributed by atoms with van der Waals surface area (Å²) in [6, 6.07) is 5.15. The highest BCUT2D eigenvalue weighted by Crippen LogP contribution is 2.31. The summed E-state index contributed by atoms with van der Waals surface area (Å²) in [5, 5.41) is 3.19. The zero-order valence-electron chi connectivity index (χ0n) is 11.9. The Balaban J connectivity index is 2.12. The highest BCUT2D eigenvalue weighted by molar-refractivity contribution is 5.44. The molecule has 0 unspecified atom stereocenters. The molecule has 0 aliphatic heterocycles. The first-order valence-electron chi connectivity index (χ1n) is 7.14. The molecule has 2 rings (SSSR count). The topological polar surface area (TPSA) is 28.2 Å². The van der Waals surface area contributed by atoms with E-state index in [1.165, 1.54) is 37.1 Å². The summed E-state index contributed by atoms with van der Waals surface area (Å²) in [6.07, 6.45) is 5.18. The summed E-state index contributed by atoms with van der Waals surface area (Å²) < 4.78 is 0. The molecule has 100 valence electrons. The van der Waals surface area contributed by atoms with Gasteiger partial charge in [0.2, 0.25) is 0 Å². The van der Waals surface area contributed by atoms with Gasteiger partial charge < -0.3 is 10.2 Å². The Bertz CT molecular complexity index is 385. The van der Waals surface area contributed by atoms with Crippen LogP contribution in [0, 0.1) is 6.92 Å². The van der Waals surface area contributed by atoms with Crippen LogP contribution in [-0.2, 0) is 6.54 Å². The van der Waals surface area contributed by atoms with Crippen molar-refractivity contribution in [3.05, 3.63) is 23.4 Å². The Labute approximate surface area is 111 Å². The molecule has 3 heteroatoms. The van der Waals surface area contributed by atoms with Crippen molar-refractivity contribution in [2.24, 2.45) is 0 Å². The lowest BCUT2D eigenvalue weighted by Gasteiger charge is -2.24. The van der Waals surface area contributed by atoms with Gasteiger partial charge in [-0.25, -0.2) is 4.98 Å². The van der Waals surface area contributed by atoms with Crippen molar-refractivity contribution in [2.75, 3.05) is 18.5 Å². The molecule has 0 atom stereocenters. The quantitative estimate of drug-likeness (QED) is 0.803. The minimum Gasteiger partial charge on any atom is -0.354 e. The minimum absolute atomic E-state index is 0.749. The number of pyridine rings is 1. The molecule has 0 radical (unpaired) electrons.